The third-order valence-electron chi connectivity index (χ3n) is 3.59. The van der Waals surface area contributed by atoms with Crippen molar-refractivity contribution in [2.45, 2.75) is 38.3 Å². The van der Waals surface area contributed by atoms with Gasteiger partial charge in [-0.25, -0.2) is 4.39 Å². The van der Waals surface area contributed by atoms with E-state index >= 15 is 0 Å². The lowest BCUT2D eigenvalue weighted by atomic mass is 9.87. The number of aliphatic hydroxyl groups excluding tert-OH is 1. The number of rotatable bonds is 1. The maximum Gasteiger partial charge on any atom is 0.141 e. The third-order valence-corrected chi connectivity index (χ3v) is 3.87. The Morgan fingerprint density at radius 1 is 1.47 bits per heavy atom. The Balaban J connectivity index is 2.35. The summed E-state index contributed by atoms with van der Waals surface area (Å²) in [5.74, 6) is -0.411. The van der Waals surface area contributed by atoms with Crippen LogP contribution in [0.2, 0.25) is 5.02 Å². The highest BCUT2D eigenvalue weighted by Gasteiger charge is 2.37. The highest BCUT2D eigenvalue weighted by Crippen LogP contribution is 2.34. The van der Waals surface area contributed by atoms with Gasteiger partial charge in [0.25, 0.3) is 0 Å². The summed E-state index contributed by atoms with van der Waals surface area (Å²) in [6.07, 6.45) is 1.36. The molecule has 1 aliphatic heterocycles. The molecule has 1 heterocycles. The molecule has 0 saturated carbocycles. The van der Waals surface area contributed by atoms with E-state index in [1.54, 1.807) is 12.1 Å². The fourth-order valence-electron chi connectivity index (χ4n) is 2.38. The number of piperidine rings is 1. The Bertz CT molecular complexity index is 422. The molecule has 1 fully saturated rings. The molecule has 0 spiro atoms. The third kappa shape index (κ3) is 2.26. The number of halogens is 2. The van der Waals surface area contributed by atoms with Crippen molar-refractivity contribution in [1.29, 1.82) is 0 Å². The van der Waals surface area contributed by atoms with Crippen molar-refractivity contribution in [2.24, 2.45) is 0 Å². The van der Waals surface area contributed by atoms with Gasteiger partial charge in [0.1, 0.15) is 5.82 Å². The van der Waals surface area contributed by atoms with Gasteiger partial charge in [0, 0.05) is 12.2 Å². The molecular formula is C13H17ClFNO. The van der Waals surface area contributed by atoms with E-state index in [-0.39, 0.29) is 16.7 Å². The van der Waals surface area contributed by atoms with Crippen molar-refractivity contribution in [3.8, 4) is 0 Å². The predicted molar refractivity (Wildman–Crippen MR) is 68.1 cm³/mol. The highest BCUT2D eigenvalue weighted by molar-refractivity contribution is 6.31. The van der Waals surface area contributed by atoms with Crippen LogP contribution in [0.3, 0.4) is 0 Å². The zero-order valence-corrected chi connectivity index (χ0v) is 10.8. The van der Waals surface area contributed by atoms with Gasteiger partial charge in [0.15, 0.2) is 0 Å². The molecule has 17 heavy (non-hydrogen) atoms. The quantitative estimate of drug-likeness (QED) is 0.835. The van der Waals surface area contributed by atoms with Crippen molar-refractivity contribution in [1.82, 2.24) is 0 Å². The minimum absolute atomic E-state index is 0.123. The highest BCUT2D eigenvalue weighted by atomic mass is 35.5. The van der Waals surface area contributed by atoms with E-state index < -0.39 is 5.82 Å². The van der Waals surface area contributed by atoms with Crippen LogP contribution in [0.15, 0.2) is 18.2 Å². The van der Waals surface area contributed by atoms with E-state index in [0.29, 0.717) is 0 Å². The Kier molecular flexibility index (Phi) is 3.32. The fraction of sp³-hybridized carbons (Fsp3) is 0.538. The molecule has 1 saturated heterocycles. The number of aliphatic hydroxyl groups is 1. The number of hydrogen-bond donors (Lipinski definition) is 1. The number of hydrogen-bond acceptors (Lipinski definition) is 2. The Hall–Kier alpha value is -0.800. The minimum Gasteiger partial charge on any atom is -0.391 e. The van der Waals surface area contributed by atoms with Crippen LogP contribution in [0, 0.1) is 5.82 Å². The molecule has 2 nitrogen and oxygen atoms in total. The second-order valence-corrected chi connectivity index (χ2v) is 5.47. The molecule has 4 heteroatoms. The Morgan fingerprint density at radius 3 is 2.82 bits per heavy atom. The normalized spacial score (nSPS) is 23.8. The minimum atomic E-state index is -0.411. The molecule has 0 radical (unpaired) electrons. The van der Waals surface area contributed by atoms with Crippen LogP contribution in [0.1, 0.15) is 26.7 Å². The fourth-order valence-corrected chi connectivity index (χ4v) is 2.55. The van der Waals surface area contributed by atoms with Crippen LogP contribution in [-0.4, -0.2) is 23.3 Å². The predicted octanol–water partition coefficient (Wildman–Crippen LogP) is 3.22. The van der Waals surface area contributed by atoms with Crippen molar-refractivity contribution < 1.29 is 9.50 Å². The van der Waals surface area contributed by atoms with Gasteiger partial charge >= 0.3 is 0 Å². The Morgan fingerprint density at radius 2 is 2.18 bits per heavy atom. The van der Waals surface area contributed by atoms with Gasteiger partial charge in [-0.1, -0.05) is 11.6 Å². The topological polar surface area (TPSA) is 23.5 Å². The number of benzene rings is 1. The molecule has 94 valence electrons. The first-order valence-electron chi connectivity index (χ1n) is 5.83. The lowest BCUT2D eigenvalue weighted by molar-refractivity contribution is 0.0711. The molecule has 1 N–H and O–H groups in total. The van der Waals surface area contributed by atoms with E-state index in [4.69, 9.17) is 11.6 Å². The summed E-state index contributed by atoms with van der Waals surface area (Å²) in [7, 11) is 0. The van der Waals surface area contributed by atoms with Gasteiger partial charge in [0.05, 0.1) is 16.7 Å². The van der Waals surface area contributed by atoms with E-state index in [1.807, 2.05) is 13.8 Å². The van der Waals surface area contributed by atoms with Crippen LogP contribution in [0.5, 0.6) is 0 Å². The molecule has 1 aliphatic rings. The summed E-state index contributed by atoms with van der Waals surface area (Å²) >= 11 is 5.80. The summed E-state index contributed by atoms with van der Waals surface area (Å²) in [4.78, 5) is 2.09. The smallest absolute Gasteiger partial charge is 0.141 e. The summed E-state index contributed by atoms with van der Waals surface area (Å²) in [5.41, 5.74) is 0.513. The first-order chi connectivity index (χ1) is 7.93. The van der Waals surface area contributed by atoms with Crippen LogP contribution in [-0.2, 0) is 0 Å². The lowest BCUT2D eigenvalue weighted by Gasteiger charge is -2.47. The van der Waals surface area contributed by atoms with E-state index in [9.17, 15) is 9.50 Å². The van der Waals surface area contributed by atoms with Crippen LogP contribution in [0.4, 0.5) is 10.1 Å². The van der Waals surface area contributed by atoms with Gasteiger partial charge in [-0.2, -0.15) is 0 Å². The van der Waals surface area contributed by atoms with Crippen molar-refractivity contribution >= 4 is 17.3 Å². The first-order valence-corrected chi connectivity index (χ1v) is 6.21. The van der Waals surface area contributed by atoms with Gasteiger partial charge in [-0.15, -0.1) is 0 Å². The lowest BCUT2D eigenvalue weighted by Crippen LogP contribution is -2.56. The summed E-state index contributed by atoms with van der Waals surface area (Å²) < 4.78 is 13.1. The van der Waals surface area contributed by atoms with Crippen molar-refractivity contribution in [2.75, 3.05) is 11.4 Å². The van der Waals surface area contributed by atoms with Gasteiger partial charge in [0.2, 0.25) is 0 Å². The molecule has 1 atom stereocenters. The number of nitrogens with zero attached hydrogens (tertiary/aromatic N) is 1. The largest absolute Gasteiger partial charge is 0.391 e. The van der Waals surface area contributed by atoms with E-state index in [0.717, 1.165) is 25.1 Å². The first kappa shape index (κ1) is 12.7. The maximum atomic E-state index is 13.1. The second-order valence-electron chi connectivity index (χ2n) is 5.06. The molecule has 0 amide bonds. The van der Waals surface area contributed by atoms with Crippen LogP contribution >= 0.6 is 11.6 Å². The molecule has 0 aliphatic carbocycles. The average Bonchev–Trinajstić information content (AvgIpc) is 2.26. The molecule has 0 aromatic heterocycles. The molecule has 2 rings (SSSR count). The molecule has 1 unspecified atom stereocenters. The molecule has 0 bridgehead atoms. The van der Waals surface area contributed by atoms with Crippen molar-refractivity contribution in [3.63, 3.8) is 0 Å². The Labute approximate surface area is 106 Å². The standard InChI is InChI=1S/C13H17ClFNO/c1-13(2)12(17)4-3-7-16(13)9-5-6-11(15)10(14)8-9/h5-6,8,12,17H,3-4,7H2,1-2H3. The van der Waals surface area contributed by atoms with Crippen molar-refractivity contribution in [3.05, 3.63) is 29.0 Å². The van der Waals surface area contributed by atoms with E-state index in [1.165, 1.54) is 6.07 Å². The zero-order chi connectivity index (χ0) is 12.6. The van der Waals surface area contributed by atoms with Crippen LogP contribution < -0.4 is 4.90 Å². The molecule has 1 aromatic carbocycles. The van der Waals surface area contributed by atoms with Gasteiger partial charge in [-0.05, 0) is 44.9 Å². The maximum absolute atomic E-state index is 13.1. The van der Waals surface area contributed by atoms with Gasteiger partial charge < -0.3 is 10.0 Å². The summed E-state index contributed by atoms with van der Waals surface area (Å²) in [6.45, 7) is 4.84. The second kappa shape index (κ2) is 4.46. The van der Waals surface area contributed by atoms with E-state index in [2.05, 4.69) is 4.90 Å². The molecular weight excluding hydrogens is 241 g/mol. The van der Waals surface area contributed by atoms with Crippen LogP contribution in [0.25, 0.3) is 0 Å². The van der Waals surface area contributed by atoms with Gasteiger partial charge in [-0.3, -0.25) is 0 Å². The molecule has 1 aromatic rings. The average molecular weight is 258 g/mol. The number of anilines is 1. The summed E-state index contributed by atoms with van der Waals surface area (Å²) in [5, 5.41) is 10.2. The monoisotopic (exact) mass is 257 g/mol. The summed E-state index contributed by atoms with van der Waals surface area (Å²) in [6, 6.07) is 4.70. The zero-order valence-electron chi connectivity index (χ0n) is 10.1. The SMILES string of the molecule is CC1(C)C(O)CCCN1c1ccc(F)c(Cl)c1.